The number of hydrogen-bond donors (Lipinski definition) is 0. The maximum absolute atomic E-state index is 13.1. The van der Waals surface area contributed by atoms with Crippen molar-refractivity contribution in [3.05, 3.63) is 60.3 Å². The summed E-state index contributed by atoms with van der Waals surface area (Å²) in [7, 11) is 0. The van der Waals surface area contributed by atoms with Gasteiger partial charge in [0.15, 0.2) is 6.10 Å². The number of unbranched alkanes of at least 4 members (excludes halogenated alkanes) is 33. The largest absolute Gasteiger partial charge is 0.462 e. The number of carbonyl (C=O) groups excluding carboxylic acids is 4. The minimum Gasteiger partial charge on any atom is -0.462 e. The average Bonchev–Trinajstić information content (AvgIpc) is 1.31. The molecule has 92 heavy (non-hydrogen) atoms. The van der Waals surface area contributed by atoms with E-state index >= 15 is 0 Å². The molecule has 4 aliphatic rings. The number of esters is 4. The molecular formula is C83H142O9. The molecule has 528 valence electrons. The van der Waals surface area contributed by atoms with Gasteiger partial charge < -0.3 is 23.7 Å². The third-order valence-corrected chi connectivity index (χ3v) is 21.6. The second kappa shape index (κ2) is 51.8. The number of rotatable bonds is 57. The van der Waals surface area contributed by atoms with Crippen LogP contribution in [0.25, 0.3) is 0 Å². The van der Waals surface area contributed by atoms with E-state index < -0.39 is 6.10 Å². The summed E-state index contributed by atoms with van der Waals surface area (Å²) in [5, 5.41) is 0. The summed E-state index contributed by atoms with van der Waals surface area (Å²) in [5.74, 6) is 1.15. The van der Waals surface area contributed by atoms with Crippen LogP contribution in [-0.2, 0) is 42.9 Å². The van der Waals surface area contributed by atoms with Gasteiger partial charge in [0.25, 0.3) is 0 Å². The van der Waals surface area contributed by atoms with Gasteiger partial charge in [0.2, 0.25) is 0 Å². The lowest BCUT2D eigenvalue weighted by atomic mass is 9.47. The van der Waals surface area contributed by atoms with Crippen LogP contribution in [0.15, 0.2) is 60.3 Å². The van der Waals surface area contributed by atoms with E-state index in [2.05, 4.69) is 96.2 Å². The SMILES string of the molecule is CCCCC/C=C/C(/C=C/CCCCCCCC(=O)OCC(COC(=O)CCCCCCC/C=C/CCCCCCCC)OC(=O)CCCCCCC/C=C/CCCCCCCC)OC1C=C2CC[C@@H]3C(CC[C@@]4(C)C3CC[C@@H]4OC(=O)CCCCCC)[C@@]2(C)CC1. The number of fused-ring (bicyclic) bond motifs is 5. The zero-order chi connectivity index (χ0) is 66.0. The molecule has 3 fully saturated rings. The molecule has 0 aromatic rings. The Kier molecular flexibility index (Phi) is 45.6. The molecule has 9 atom stereocenters. The summed E-state index contributed by atoms with van der Waals surface area (Å²) < 4.78 is 30.4. The van der Waals surface area contributed by atoms with Crippen LogP contribution in [0.3, 0.4) is 0 Å². The highest BCUT2D eigenvalue weighted by molar-refractivity contribution is 5.71. The van der Waals surface area contributed by atoms with Crippen molar-refractivity contribution >= 4 is 23.9 Å². The van der Waals surface area contributed by atoms with Crippen LogP contribution in [-0.4, -0.2) is 61.5 Å². The second-order valence-electron chi connectivity index (χ2n) is 29.4. The fourth-order valence-electron chi connectivity index (χ4n) is 15.8. The Hall–Kier alpha value is -3.46. The summed E-state index contributed by atoms with van der Waals surface area (Å²) in [6, 6.07) is 0. The molecular weight excluding hydrogens is 1140 g/mol. The fourth-order valence-corrected chi connectivity index (χ4v) is 15.8. The summed E-state index contributed by atoms with van der Waals surface area (Å²) in [6.07, 6.45) is 77.4. The standard InChI is InChI=1S/C83H142O9/c1-7-11-15-19-21-23-25-27-29-31-33-35-39-44-50-55-78(84)88-68-73(91-80(86)57-52-46-40-36-34-32-30-28-26-24-22-20-16-12-8-2)69-89-79(85)56-51-45-41-37-38-43-48-54-71(53-47-42-17-13-9-3)90-72-63-65-82(5)70(67-72)59-60-74-75-61-62-77(83(75,6)66-64-76(74)82)92-81(87)58-49-18-14-10-4/h27-30,47-48,53-54,67,71-77H,7-26,31-46,49-52,55-66,68-69H2,1-6H3/b29-27+,30-28+,53-47+,54-48+/t71?,72?,73?,74-,75?,76?,77-,82-,83-/m0/s1. The highest BCUT2D eigenvalue weighted by Crippen LogP contribution is 2.66. The van der Waals surface area contributed by atoms with Gasteiger partial charge >= 0.3 is 23.9 Å². The predicted molar refractivity (Wildman–Crippen MR) is 384 cm³/mol. The third kappa shape index (κ3) is 34.5. The highest BCUT2D eigenvalue weighted by Gasteiger charge is 2.60. The first-order chi connectivity index (χ1) is 45.0. The molecule has 5 unspecified atom stereocenters. The zero-order valence-corrected chi connectivity index (χ0v) is 60.6. The van der Waals surface area contributed by atoms with Gasteiger partial charge in [0, 0.05) is 31.1 Å². The second-order valence-corrected chi connectivity index (χ2v) is 29.4. The van der Waals surface area contributed by atoms with Crippen LogP contribution in [0.1, 0.15) is 375 Å². The van der Waals surface area contributed by atoms with E-state index in [0.29, 0.717) is 43.4 Å². The minimum atomic E-state index is -0.816. The van der Waals surface area contributed by atoms with Gasteiger partial charge in [-0.3, -0.25) is 19.2 Å². The first kappa shape index (κ1) is 81.0. The number of hydrogen-bond acceptors (Lipinski definition) is 9. The van der Waals surface area contributed by atoms with Crippen LogP contribution in [0, 0.1) is 28.6 Å². The molecule has 0 bridgehead atoms. The van der Waals surface area contributed by atoms with Crippen LogP contribution < -0.4 is 0 Å². The lowest BCUT2D eigenvalue weighted by Crippen LogP contribution is -2.52. The van der Waals surface area contributed by atoms with Crippen LogP contribution in [0.5, 0.6) is 0 Å². The monoisotopic (exact) mass is 1280 g/mol. The lowest BCUT2D eigenvalue weighted by Gasteiger charge is -2.58. The first-order valence-corrected chi connectivity index (χ1v) is 39.7. The molecule has 0 saturated heterocycles. The Morgan fingerprint density at radius 3 is 1.33 bits per heavy atom. The Morgan fingerprint density at radius 1 is 0.435 bits per heavy atom. The number of ether oxygens (including phenoxy) is 5. The van der Waals surface area contributed by atoms with Crippen molar-refractivity contribution in [2.45, 2.75) is 400 Å². The molecule has 0 aliphatic heterocycles. The molecule has 0 aromatic carbocycles. The minimum absolute atomic E-state index is 0.0305. The average molecular weight is 1280 g/mol. The Bertz CT molecular complexity index is 2070. The van der Waals surface area contributed by atoms with E-state index in [0.717, 1.165) is 141 Å². The van der Waals surface area contributed by atoms with Crippen molar-refractivity contribution in [3.8, 4) is 0 Å². The molecule has 3 saturated carbocycles. The summed E-state index contributed by atoms with van der Waals surface area (Å²) in [5.41, 5.74) is 1.97. The summed E-state index contributed by atoms with van der Waals surface area (Å²) in [6.45, 7) is 13.8. The van der Waals surface area contributed by atoms with E-state index in [4.69, 9.17) is 23.7 Å². The highest BCUT2D eigenvalue weighted by atomic mass is 16.6. The number of carbonyl (C=O) groups is 4. The van der Waals surface area contributed by atoms with Crippen LogP contribution in [0.2, 0.25) is 0 Å². The van der Waals surface area contributed by atoms with Gasteiger partial charge in [-0.2, -0.15) is 0 Å². The molecule has 9 nitrogen and oxygen atoms in total. The molecule has 0 spiro atoms. The van der Waals surface area contributed by atoms with Crippen LogP contribution >= 0.6 is 0 Å². The maximum Gasteiger partial charge on any atom is 0.306 e. The predicted octanol–water partition coefficient (Wildman–Crippen LogP) is 24.1. The van der Waals surface area contributed by atoms with E-state index in [1.165, 1.54) is 167 Å². The van der Waals surface area contributed by atoms with Crippen molar-refractivity contribution in [2.75, 3.05) is 13.2 Å². The van der Waals surface area contributed by atoms with E-state index in [9.17, 15) is 19.2 Å². The fraction of sp³-hybridized carbons (Fsp3) is 0.831. The van der Waals surface area contributed by atoms with Gasteiger partial charge in [-0.15, -0.1) is 0 Å². The van der Waals surface area contributed by atoms with Gasteiger partial charge in [-0.25, -0.2) is 0 Å². The van der Waals surface area contributed by atoms with Crippen molar-refractivity contribution in [1.82, 2.24) is 0 Å². The van der Waals surface area contributed by atoms with Crippen molar-refractivity contribution in [3.63, 3.8) is 0 Å². The smallest absolute Gasteiger partial charge is 0.306 e. The zero-order valence-electron chi connectivity index (χ0n) is 60.6. The molecule has 0 radical (unpaired) electrons. The summed E-state index contributed by atoms with van der Waals surface area (Å²) in [4.78, 5) is 51.9. The quantitative estimate of drug-likeness (QED) is 0.0254. The van der Waals surface area contributed by atoms with E-state index in [1.54, 1.807) is 5.57 Å². The molecule has 0 heterocycles. The van der Waals surface area contributed by atoms with E-state index in [-0.39, 0.29) is 66.2 Å². The van der Waals surface area contributed by atoms with Crippen LogP contribution in [0.4, 0.5) is 0 Å². The molecule has 9 heteroatoms. The molecule has 0 N–H and O–H groups in total. The lowest BCUT2D eigenvalue weighted by molar-refractivity contribution is -0.167. The molecule has 0 aromatic heterocycles. The van der Waals surface area contributed by atoms with Gasteiger partial charge in [-0.05, 0) is 177 Å². The number of allylic oxidation sites excluding steroid dienone is 7. The van der Waals surface area contributed by atoms with Crippen molar-refractivity contribution in [1.29, 1.82) is 0 Å². The molecule has 0 amide bonds. The topological polar surface area (TPSA) is 114 Å². The van der Waals surface area contributed by atoms with Crippen molar-refractivity contribution < 1.29 is 42.9 Å². The van der Waals surface area contributed by atoms with Gasteiger partial charge in [0.1, 0.15) is 19.3 Å². The van der Waals surface area contributed by atoms with Gasteiger partial charge in [-0.1, -0.05) is 256 Å². The third-order valence-electron chi connectivity index (χ3n) is 21.6. The Morgan fingerprint density at radius 2 is 0.837 bits per heavy atom. The molecule has 4 aliphatic carbocycles. The van der Waals surface area contributed by atoms with E-state index in [1.807, 2.05) is 0 Å². The molecule has 4 rings (SSSR count). The maximum atomic E-state index is 13.1. The van der Waals surface area contributed by atoms with Gasteiger partial charge in [0.05, 0.1) is 12.2 Å². The first-order valence-electron chi connectivity index (χ1n) is 39.7. The summed E-state index contributed by atoms with van der Waals surface area (Å²) >= 11 is 0. The Balaban J connectivity index is 1.15. The van der Waals surface area contributed by atoms with Crippen molar-refractivity contribution in [2.24, 2.45) is 28.6 Å². The Labute approximate surface area is 565 Å². The normalized spacial score (nSPS) is 22.8.